The smallest absolute Gasteiger partial charge is 0.270 e. The normalized spacial score (nSPS) is 22.6. The zero-order chi connectivity index (χ0) is 31.2. The zero-order valence-corrected chi connectivity index (χ0v) is 24.9. The van der Waals surface area contributed by atoms with Gasteiger partial charge in [0.2, 0.25) is 17.7 Å². The van der Waals surface area contributed by atoms with Crippen LogP contribution in [0.5, 0.6) is 0 Å². The van der Waals surface area contributed by atoms with E-state index in [4.69, 9.17) is 0 Å². The Morgan fingerprint density at radius 2 is 1.64 bits per heavy atom. The Kier molecular flexibility index (Phi) is 7.89. The molecule has 0 bridgehead atoms. The molecule has 3 atom stereocenters. The van der Waals surface area contributed by atoms with Crippen LogP contribution < -0.4 is 5.32 Å². The average molecular weight is 606 g/mol. The van der Waals surface area contributed by atoms with E-state index in [1.165, 1.54) is 42.3 Å². The van der Waals surface area contributed by atoms with Gasteiger partial charge in [-0.3, -0.25) is 19.2 Å². The summed E-state index contributed by atoms with van der Waals surface area (Å²) in [6.07, 6.45) is 3.20. The molecule has 6 rings (SSSR count). The second-order valence-electron chi connectivity index (χ2n) is 12.2. The molecule has 0 aliphatic carbocycles. The minimum atomic E-state index is -3.03. The lowest BCUT2D eigenvalue weighted by Crippen LogP contribution is -2.61. The van der Waals surface area contributed by atoms with Crippen LogP contribution >= 0.6 is 0 Å². The van der Waals surface area contributed by atoms with Crippen LogP contribution in [0.2, 0.25) is 0 Å². The number of carbonyl (C=O) groups is 4. The van der Waals surface area contributed by atoms with Crippen molar-refractivity contribution in [3.8, 4) is 0 Å². The van der Waals surface area contributed by atoms with Crippen molar-refractivity contribution in [3.63, 3.8) is 0 Å². The molecule has 1 aromatic heterocycles. The van der Waals surface area contributed by atoms with Crippen LogP contribution in [0, 0.1) is 0 Å². The number of hydrogen-bond acceptors (Lipinski definition) is 4. The Morgan fingerprint density at radius 3 is 2.30 bits per heavy atom. The summed E-state index contributed by atoms with van der Waals surface area (Å²) in [7, 11) is 0. The number of halogens is 2. The van der Waals surface area contributed by atoms with E-state index in [-0.39, 0.29) is 35.7 Å². The van der Waals surface area contributed by atoms with Crippen LogP contribution in [0.25, 0.3) is 10.9 Å². The molecule has 3 aromatic rings. The molecular formula is C33H37F2N5O4. The van der Waals surface area contributed by atoms with Gasteiger partial charge in [0.05, 0.1) is 0 Å². The molecule has 0 unspecified atom stereocenters. The summed E-state index contributed by atoms with van der Waals surface area (Å²) in [6.45, 7) is 3.75. The third kappa shape index (κ3) is 5.79. The number of benzene rings is 2. The van der Waals surface area contributed by atoms with Gasteiger partial charge in [0.1, 0.15) is 17.8 Å². The highest BCUT2D eigenvalue weighted by atomic mass is 19.3. The van der Waals surface area contributed by atoms with Gasteiger partial charge < -0.3 is 25.0 Å². The molecule has 0 saturated carbocycles. The first-order valence-corrected chi connectivity index (χ1v) is 15.2. The second-order valence-corrected chi connectivity index (χ2v) is 12.2. The molecule has 2 fully saturated rings. The van der Waals surface area contributed by atoms with Crippen LogP contribution in [0.1, 0.15) is 60.3 Å². The first-order chi connectivity index (χ1) is 21.0. The van der Waals surface area contributed by atoms with Crippen molar-refractivity contribution in [2.45, 2.75) is 70.0 Å². The fourth-order valence-electron chi connectivity index (χ4n) is 6.87. The maximum absolute atomic E-state index is 14.2. The number of aromatic nitrogens is 1. The van der Waals surface area contributed by atoms with Crippen molar-refractivity contribution in [1.82, 2.24) is 25.0 Å². The molecule has 3 aliphatic rings. The van der Waals surface area contributed by atoms with Crippen molar-refractivity contribution in [2.75, 3.05) is 26.2 Å². The van der Waals surface area contributed by atoms with Gasteiger partial charge >= 0.3 is 0 Å². The van der Waals surface area contributed by atoms with Crippen molar-refractivity contribution < 1.29 is 28.0 Å². The molecule has 2 saturated heterocycles. The monoisotopic (exact) mass is 605 g/mol. The Balaban J connectivity index is 1.23. The predicted octanol–water partition coefficient (Wildman–Crippen LogP) is 3.62. The van der Waals surface area contributed by atoms with E-state index in [1.807, 2.05) is 17.0 Å². The Hall–Kier alpha value is -4.28. The van der Waals surface area contributed by atoms with E-state index in [2.05, 4.69) is 22.4 Å². The summed E-state index contributed by atoms with van der Waals surface area (Å²) in [5, 5.41) is 3.23. The van der Waals surface area contributed by atoms with Crippen LogP contribution in [-0.2, 0) is 33.1 Å². The predicted molar refractivity (Wildman–Crippen MR) is 160 cm³/mol. The van der Waals surface area contributed by atoms with Gasteiger partial charge in [0.25, 0.3) is 11.8 Å². The standard InChI is InChI=1S/C33H37F2N5O4/c1-20(41)39-16-13-25-8-10-29(32(44)38-14-11-21-5-3-4-6-22(21)12-15-38)40(25)31(43)28(19-39)37-30(42)27-18-23-17-24(33(2,34)35)7-9-26(23)36-27/h3-7,9,17-18,25,28-29,36H,8,10-16,19H2,1-2H3,(H,37,42)/t25-,28+,29+/m1/s1. The first-order valence-electron chi connectivity index (χ1n) is 15.2. The maximum atomic E-state index is 14.2. The maximum Gasteiger partial charge on any atom is 0.270 e. The first kappa shape index (κ1) is 29.8. The van der Waals surface area contributed by atoms with Gasteiger partial charge in [-0.1, -0.05) is 30.3 Å². The molecule has 4 amide bonds. The minimum absolute atomic E-state index is 0.0322. The van der Waals surface area contributed by atoms with Crippen molar-refractivity contribution >= 4 is 34.5 Å². The molecule has 0 spiro atoms. The lowest BCUT2D eigenvalue weighted by atomic mass is 10.0. The summed E-state index contributed by atoms with van der Waals surface area (Å²) in [5.74, 6) is -4.32. The summed E-state index contributed by atoms with van der Waals surface area (Å²) < 4.78 is 27.8. The van der Waals surface area contributed by atoms with E-state index < -0.39 is 29.8 Å². The lowest BCUT2D eigenvalue weighted by molar-refractivity contribution is -0.148. The Morgan fingerprint density at radius 1 is 0.932 bits per heavy atom. The zero-order valence-electron chi connectivity index (χ0n) is 24.9. The van der Waals surface area contributed by atoms with E-state index >= 15 is 0 Å². The second kappa shape index (κ2) is 11.7. The highest BCUT2D eigenvalue weighted by molar-refractivity contribution is 6.01. The number of fused-ring (bicyclic) bond motifs is 3. The van der Waals surface area contributed by atoms with E-state index in [1.54, 1.807) is 9.80 Å². The molecular weight excluding hydrogens is 568 g/mol. The number of H-pyrrole nitrogens is 1. The lowest BCUT2D eigenvalue weighted by Gasteiger charge is -2.39. The van der Waals surface area contributed by atoms with E-state index in [9.17, 15) is 28.0 Å². The van der Waals surface area contributed by atoms with E-state index in [0.29, 0.717) is 49.8 Å². The van der Waals surface area contributed by atoms with Gasteiger partial charge in [0.15, 0.2) is 0 Å². The number of nitrogens with one attached hydrogen (secondary N) is 2. The molecule has 232 valence electrons. The van der Waals surface area contributed by atoms with Crippen molar-refractivity contribution in [1.29, 1.82) is 0 Å². The van der Waals surface area contributed by atoms with Crippen molar-refractivity contribution in [3.05, 3.63) is 70.9 Å². The molecule has 3 aliphatic heterocycles. The van der Waals surface area contributed by atoms with Gasteiger partial charge in [0, 0.05) is 62.5 Å². The SMILES string of the molecule is CC(=O)N1CC[C@H]2CC[C@@H](C(=O)N3CCc4ccccc4CC3)N2C(=O)[C@@H](NC(=O)c2cc3cc(C(C)(F)F)ccc3[nH]2)C1. The molecule has 9 nitrogen and oxygen atoms in total. The summed E-state index contributed by atoms with van der Waals surface area (Å²) in [6, 6.07) is 11.8. The van der Waals surface area contributed by atoms with Gasteiger partial charge in [-0.05, 0) is 61.4 Å². The summed E-state index contributed by atoms with van der Waals surface area (Å²) >= 11 is 0. The molecule has 44 heavy (non-hydrogen) atoms. The number of rotatable bonds is 4. The third-order valence-corrected chi connectivity index (χ3v) is 9.33. The number of alkyl halides is 2. The highest BCUT2D eigenvalue weighted by Gasteiger charge is 2.46. The third-order valence-electron chi connectivity index (χ3n) is 9.33. The van der Waals surface area contributed by atoms with E-state index in [0.717, 1.165) is 19.8 Å². The fourth-order valence-corrected chi connectivity index (χ4v) is 6.87. The van der Waals surface area contributed by atoms with Crippen molar-refractivity contribution in [2.24, 2.45) is 0 Å². The van der Waals surface area contributed by atoms with Gasteiger partial charge in [-0.25, -0.2) is 8.78 Å². The van der Waals surface area contributed by atoms with Crippen LogP contribution in [0.15, 0.2) is 48.5 Å². The number of nitrogens with zero attached hydrogens (tertiary/aromatic N) is 3. The molecule has 0 radical (unpaired) electrons. The van der Waals surface area contributed by atoms with Crippen LogP contribution in [0.4, 0.5) is 8.78 Å². The van der Waals surface area contributed by atoms with Gasteiger partial charge in [-0.2, -0.15) is 0 Å². The number of aromatic amines is 1. The van der Waals surface area contributed by atoms with Gasteiger partial charge in [-0.15, -0.1) is 0 Å². The topological polar surface area (TPSA) is 106 Å². The number of hydrogen-bond donors (Lipinski definition) is 2. The minimum Gasteiger partial charge on any atom is -0.351 e. The number of amides is 4. The van der Waals surface area contributed by atoms with Crippen LogP contribution in [0.3, 0.4) is 0 Å². The molecule has 2 aromatic carbocycles. The Labute approximate surface area is 254 Å². The highest BCUT2D eigenvalue weighted by Crippen LogP contribution is 2.32. The quantitative estimate of drug-likeness (QED) is 0.474. The molecule has 4 heterocycles. The molecule has 11 heteroatoms. The average Bonchev–Trinajstić information content (AvgIpc) is 3.54. The Bertz CT molecular complexity index is 1590. The molecule has 2 N–H and O–H groups in total. The number of carbonyl (C=O) groups excluding carboxylic acids is 4. The largest absolute Gasteiger partial charge is 0.351 e. The fraction of sp³-hybridized carbons (Fsp3) is 0.455. The summed E-state index contributed by atoms with van der Waals surface area (Å²) in [4.78, 5) is 62.1. The van der Waals surface area contributed by atoms with Crippen LogP contribution in [-0.4, -0.2) is 87.6 Å². The summed E-state index contributed by atoms with van der Waals surface area (Å²) in [5.41, 5.74) is 2.90.